The van der Waals surface area contributed by atoms with Gasteiger partial charge in [-0.2, -0.15) is 0 Å². The Hall–Kier alpha value is 0.208. The quantitative estimate of drug-likeness (QED) is 0.502. The van der Waals surface area contributed by atoms with Crippen molar-refractivity contribution in [3.05, 3.63) is 69.7 Å². The second kappa shape index (κ2) is 9.37. The van der Waals surface area contributed by atoms with Crippen LogP contribution >= 0.6 is 46.8 Å². The summed E-state index contributed by atoms with van der Waals surface area (Å²) in [5, 5.41) is 1.34. The number of rotatable bonds is 5. The van der Waals surface area contributed by atoms with Crippen molar-refractivity contribution in [1.29, 1.82) is 0 Å². The third kappa shape index (κ3) is 5.11. The first-order valence-electron chi connectivity index (χ1n) is 5.89. The van der Waals surface area contributed by atoms with E-state index in [-0.39, 0.29) is 33.1 Å². The van der Waals surface area contributed by atoms with E-state index in [1.165, 1.54) is 0 Å². The summed E-state index contributed by atoms with van der Waals surface area (Å²) < 4.78 is 0. The molecule has 0 bridgehead atoms. The first-order chi connectivity index (χ1) is 9.65. The summed E-state index contributed by atoms with van der Waals surface area (Å²) >= 11 is 23.6. The van der Waals surface area contributed by atoms with Crippen LogP contribution in [0, 0.1) is 0 Å². The second-order valence-electron chi connectivity index (χ2n) is 4.28. The fourth-order valence-electron chi connectivity index (χ4n) is 1.98. The number of halogens is 4. The average Bonchev–Trinajstić information content (AvgIpc) is 2.47. The molecule has 0 fully saturated rings. The van der Waals surface area contributed by atoms with E-state index in [0.717, 1.165) is 11.1 Å². The molecule has 2 rings (SSSR count). The minimum absolute atomic E-state index is 0. The summed E-state index contributed by atoms with van der Waals surface area (Å²) in [6.45, 7) is 0. The molecule has 0 radical (unpaired) electrons. The van der Waals surface area contributed by atoms with E-state index in [2.05, 4.69) is 9.67 Å². The molecule has 2 nitrogen and oxygen atoms in total. The molecule has 2 atom stereocenters. The van der Waals surface area contributed by atoms with Crippen molar-refractivity contribution in [2.45, 2.75) is 12.1 Å². The van der Waals surface area contributed by atoms with Crippen molar-refractivity contribution in [3.63, 3.8) is 0 Å². The molecular weight excluding hydrogens is 533 g/mol. The third-order valence-electron chi connectivity index (χ3n) is 3.03. The van der Waals surface area contributed by atoms with Gasteiger partial charge >= 0.3 is 21.1 Å². The summed E-state index contributed by atoms with van der Waals surface area (Å²) in [5.41, 5.74) is 1.94. The van der Waals surface area contributed by atoms with Crippen molar-refractivity contribution in [3.8, 4) is 0 Å². The average molecular weight is 545 g/mol. The van der Waals surface area contributed by atoms with Crippen LogP contribution in [0.15, 0.2) is 48.5 Å². The van der Waals surface area contributed by atoms with Crippen LogP contribution in [-0.4, -0.2) is 0 Å². The maximum Gasteiger partial charge on any atom is 2.00 e. The Kier molecular flexibility index (Phi) is 8.59. The normalized spacial score (nSPS) is 13.3. The van der Waals surface area contributed by atoms with Crippen LogP contribution in [0.25, 0.3) is 0 Å². The molecule has 2 aromatic carbocycles. The Labute approximate surface area is 158 Å². The van der Waals surface area contributed by atoms with Crippen molar-refractivity contribution in [2.75, 3.05) is 0 Å². The molecule has 0 aromatic heterocycles. The standard InChI is InChI=1S/C14H12Cl4N2.Pt/c15-11-5-1-9(2-6-11)13(19-17)14(20-18)10-3-7-12(16)8-4-10;/h1-8,13-14,19-20H;/q;+2. The van der Waals surface area contributed by atoms with Crippen molar-refractivity contribution in [2.24, 2.45) is 0 Å². The zero-order chi connectivity index (χ0) is 14.5. The van der Waals surface area contributed by atoms with Gasteiger partial charge in [0.2, 0.25) is 0 Å². The maximum atomic E-state index is 5.90. The van der Waals surface area contributed by atoms with E-state index >= 15 is 0 Å². The van der Waals surface area contributed by atoms with Gasteiger partial charge < -0.3 is 0 Å². The molecule has 7 heteroatoms. The van der Waals surface area contributed by atoms with Gasteiger partial charge in [-0.25, -0.2) is 9.67 Å². The molecule has 2 unspecified atom stereocenters. The molecule has 2 aromatic rings. The summed E-state index contributed by atoms with van der Waals surface area (Å²) in [5.74, 6) is 0. The van der Waals surface area contributed by atoms with E-state index in [0.29, 0.717) is 10.0 Å². The van der Waals surface area contributed by atoms with Gasteiger partial charge in [0.15, 0.2) is 0 Å². The Balaban J connectivity index is 0.00000220. The van der Waals surface area contributed by atoms with Crippen LogP contribution in [0.2, 0.25) is 10.0 Å². The van der Waals surface area contributed by atoms with Crippen LogP contribution in [0.4, 0.5) is 0 Å². The Morgan fingerprint density at radius 2 is 0.905 bits per heavy atom. The zero-order valence-electron chi connectivity index (χ0n) is 10.6. The minimum Gasteiger partial charge on any atom is -0.224 e. The fourth-order valence-corrected chi connectivity index (χ4v) is 2.73. The summed E-state index contributed by atoms with van der Waals surface area (Å²) in [6, 6.07) is 14.4. The predicted molar refractivity (Wildman–Crippen MR) is 86.4 cm³/mol. The van der Waals surface area contributed by atoms with Gasteiger partial charge in [-0.15, -0.1) is 0 Å². The molecule has 0 aliphatic heterocycles. The van der Waals surface area contributed by atoms with Gasteiger partial charge in [-0.05, 0) is 58.9 Å². The Bertz CT molecular complexity index is 496. The van der Waals surface area contributed by atoms with E-state index in [9.17, 15) is 0 Å². The van der Waals surface area contributed by atoms with Crippen LogP contribution in [0.3, 0.4) is 0 Å². The van der Waals surface area contributed by atoms with Crippen molar-refractivity contribution in [1.82, 2.24) is 9.67 Å². The Morgan fingerprint density at radius 1 is 0.619 bits per heavy atom. The number of nitrogens with one attached hydrogen (secondary N) is 2. The summed E-state index contributed by atoms with van der Waals surface area (Å²) in [7, 11) is 0. The molecule has 0 heterocycles. The Morgan fingerprint density at radius 3 is 1.14 bits per heavy atom. The van der Waals surface area contributed by atoms with E-state index in [4.69, 9.17) is 46.8 Å². The van der Waals surface area contributed by atoms with Crippen LogP contribution in [-0.2, 0) is 21.1 Å². The minimum atomic E-state index is -0.215. The third-order valence-corrected chi connectivity index (χ3v) is 4.00. The molecule has 0 saturated carbocycles. The number of benzene rings is 2. The van der Waals surface area contributed by atoms with Crippen molar-refractivity contribution >= 4 is 46.8 Å². The van der Waals surface area contributed by atoms with Crippen LogP contribution < -0.4 is 9.67 Å². The molecular formula is C14H12Cl4N2Pt+2. The SMILES string of the molecule is ClNC(c1ccc(Cl)cc1)C(NCl)c1ccc(Cl)cc1.[Pt+2]. The molecule has 0 aliphatic rings. The van der Waals surface area contributed by atoms with E-state index < -0.39 is 0 Å². The maximum absolute atomic E-state index is 5.90. The van der Waals surface area contributed by atoms with Gasteiger partial charge in [-0.3, -0.25) is 0 Å². The first kappa shape index (κ1) is 19.3. The van der Waals surface area contributed by atoms with Crippen LogP contribution in [0.1, 0.15) is 23.2 Å². The number of hydrogen-bond acceptors (Lipinski definition) is 2. The zero-order valence-corrected chi connectivity index (χ0v) is 15.9. The van der Waals surface area contributed by atoms with Crippen LogP contribution in [0.5, 0.6) is 0 Å². The summed E-state index contributed by atoms with van der Waals surface area (Å²) in [4.78, 5) is 5.50. The van der Waals surface area contributed by atoms with Gasteiger partial charge in [-0.1, -0.05) is 47.5 Å². The largest absolute Gasteiger partial charge is 2.00 e. The van der Waals surface area contributed by atoms with Gasteiger partial charge in [0.05, 0.1) is 12.1 Å². The number of hydrogen-bond donors (Lipinski definition) is 2. The molecule has 21 heavy (non-hydrogen) atoms. The van der Waals surface area contributed by atoms with E-state index in [1.807, 2.05) is 48.5 Å². The molecule has 0 amide bonds. The van der Waals surface area contributed by atoms with E-state index in [1.54, 1.807) is 0 Å². The molecule has 0 saturated heterocycles. The topological polar surface area (TPSA) is 24.1 Å². The molecule has 0 aliphatic carbocycles. The van der Waals surface area contributed by atoms with Gasteiger partial charge in [0.1, 0.15) is 0 Å². The first-order valence-corrected chi connectivity index (χ1v) is 7.40. The smallest absolute Gasteiger partial charge is 0.224 e. The monoisotopic (exact) mass is 543 g/mol. The van der Waals surface area contributed by atoms with Gasteiger partial charge in [0.25, 0.3) is 0 Å². The summed E-state index contributed by atoms with van der Waals surface area (Å²) in [6.07, 6.45) is 0. The second-order valence-corrected chi connectivity index (χ2v) is 5.59. The van der Waals surface area contributed by atoms with Crippen molar-refractivity contribution < 1.29 is 21.1 Å². The molecule has 114 valence electrons. The molecule has 0 spiro atoms. The van der Waals surface area contributed by atoms with Gasteiger partial charge in [0, 0.05) is 10.0 Å². The predicted octanol–water partition coefficient (Wildman–Crippen LogP) is 5.26. The molecule has 2 N–H and O–H groups in total. The fraction of sp³-hybridized carbons (Fsp3) is 0.143.